The summed E-state index contributed by atoms with van der Waals surface area (Å²) in [6, 6.07) is 0.610. The minimum atomic E-state index is 0.610. The molecule has 2 heteroatoms. The molecule has 13 heavy (non-hydrogen) atoms. The lowest BCUT2D eigenvalue weighted by molar-refractivity contribution is 0.116. The maximum Gasteiger partial charge on any atom is 0.0494 e. The lowest BCUT2D eigenvalue weighted by Gasteiger charge is -2.12. The topological polar surface area (TPSA) is 21.3 Å². The highest BCUT2D eigenvalue weighted by Gasteiger charge is 2.20. The fourth-order valence-corrected chi connectivity index (χ4v) is 1.29. The molecule has 0 aromatic heterocycles. The van der Waals surface area contributed by atoms with E-state index >= 15 is 0 Å². The van der Waals surface area contributed by atoms with E-state index in [1.54, 1.807) is 0 Å². The average molecular weight is 185 g/mol. The van der Waals surface area contributed by atoms with Crippen molar-refractivity contribution in [3.8, 4) is 0 Å². The smallest absolute Gasteiger partial charge is 0.0494 e. The van der Waals surface area contributed by atoms with Gasteiger partial charge < -0.3 is 10.1 Å². The van der Waals surface area contributed by atoms with Crippen molar-refractivity contribution in [1.82, 2.24) is 5.32 Å². The zero-order valence-electron chi connectivity index (χ0n) is 9.01. The Hall–Kier alpha value is -0.0800. The molecular formula is C11H23NO. The first-order valence-corrected chi connectivity index (χ1v) is 5.64. The average Bonchev–Trinajstić information content (AvgIpc) is 2.92. The van der Waals surface area contributed by atoms with E-state index in [-0.39, 0.29) is 0 Å². The summed E-state index contributed by atoms with van der Waals surface area (Å²) in [5, 5.41) is 3.46. The molecule has 1 aliphatic carbocycles. The van der Waals surface area contributed by atoms with Gasteiger partial charge in [0.25, 0.3) is 0 Å². The van der Waals surface area contributed by atoms with Gasteiger partial charge in [-0.15, -0.1) is 0 Å². The lowest BCUT2D eigenvalue weighted by atomic mass is 10.2. The maximum absolute atomic E-state index is 5.57. The molecule has 0 saturated heterocycles. The Morgan fingerprint density at radius 3 is 2.85 bits per heavy atom. The standard InChI is InChI=1S/C11H23NO/c1-3-7-12-10(2)6-8-13-9-11-4-5-11/h10-12H,3-9H2,1-2H3. The van der Waals surface area contributed by atoms with Crippen molar-refractivity contribution in [2.45, 2.75) is 45.6 Å². The Morgan fingerprint density at radius 2 is 2.23 bits per heavy atom. The molecule has 0 heterocycles. The van der Waals surface area contributed by atoms with Crippen LogP contribution in [0.25, 0.3) is 0 Å². The van der Waals surface area contributed by atoms with Gasteiger partial charge in [0, 0.05) is 19.3 Å². The van der Waals surface area contributed by atoms with Crippen LogP contribution in [-0.4, -0.2) is 25.8 Å². The van der Waals surface area contributed by atoms with Crippen LogP contribution >= 0.6 is 0 Å². The Bertz CT molecular complexity index is 123. The Labute approximate surface area is 82.0 Å². The molecule has 1 aliphatic rings. The maximum atomic E-state index is 5.57. The third kappa shape index (κ3) is 6.05. The number of rotatable bonds is 8. The van der Waals surface area contributed by atoms with Gasteiger partial charge in [-0.25, -0.2) is 0 Å². The largest absolute Gasteiger partial charge is 0.381 e. The van der Waals surface area contributed by atoms with Gasteiger partial charge in [-0.2, -0.15) is 0 Å². The summed E-state index contributed by atoms with van der Waals surface area (Å²) in [6.07, 6.45) is 5.15. The normalized spacial score (nSPS) is 18.9. The van der Waals surface area contributed by atoms with E-state index in [1.807, 2.05) is 0 Å². The molecule has 1 rings (SSSR count). The second-order valence-corrected chi connectivity index (χ2v) is 4.16. The third-order valence-corrected chi connectivity index (χ3v) is 2.49. The van der Waals surface area contributed by atoms with Crippen LogP contribution in [0, 0.1) is 5.92 Å². The fourth-order valence-electron chi connectivity index (χ4n) is 1.29. The van der Waals surface area contributed by atoms with E-state index < -0.39 is 0 Å². The fraction of sp³-hybridized carbons (Fsp3) is 1.00. The molecule has 0 aromatic rings. The highest BCUT2D eigenvalue weighted by molar-refractivity contribution is 4.72. The van der Waals surface area contributed by atoms with Gasteiger partial charge in [-0.05, 0) is 45.1 Å². The van der Waals surface area contributed by atoms with E-state index in [9.17, 15) is 0 Å². The van der Waals surface area contributed by atoms with Crippen molar-refractivity contribution in [3.63, 3.8) is 0 Å². The second kappa shape index (κ2) is 6.39. The quantitative estimate of drug-likeness (QED) is 0.585. The summed E-state index contributed by atoms with van der Waals surface area (Å²) in [7, 11) is 0. The van der Waals surface area contributed by atoms with E-state index in [0.717, 1.165) is 32.1 Å². The molecule has 1 fully saturated rings. The first-order chi connectivity index (χ1) is 6.33. The predicted octanol–water partition coefficient (Wildman–Crippen LogP) is 2.19. The third-order valence-electron chi connectivity index (χ3n) is 2.49. The highest BCUT2D eigenvalue weighted by atomic mass is 16.5. The van der Waals surface area contributed by atoms with E-state index in [2.05, 4.69) is 19.2 Å². The first kappa shape index (κ1) is 11.0. The van der Waals surface area contributed by atoms with Crippen molar-refractivity contribution in [3.05, 3.63) is 0 Å². The van der Waals surface area contributed by atoms with Gasteiger partial charge in [0.15, 0.2) is 0 Å². The van der Waals surface area contributed by atoms with Gasteiger partial charge in [0.05, 0.1) is 0 Å². The monoisotopic (exact) mass is 185 g/mol. The minimum absolute atomic E-state index is 0.610. The van der Waals surface area contributed by atoms with Gasteiger partial charge in [0.1, 0.15) is 0 Å². The molecule has 1 N–H and O–H groups in total. The summed E-state index contributed by atoms with van der Waals surface area (Å²) in [5.41, 5.74) is 0. The molecule has 0 spiro atoms. The van der Waals surface area contributed by atoms with Crippen LogP contribution in [0.3, 0.4) is 0 Å². The number of nitrogens with one attached hydrogen (secondary N) is 1. The molecule has 2 nitrogen and oxygen atoms in total. The number of hydrogen-bond acceptors (Lipinski definition) is 2. The molecule has 0 radical (unpaired) electrons. The van der Waals surface area contributed by atoms with Gasteiger partial charge in [-0.1, -0.05) is 6.92 Å². The molecule has 0 aromatic carbocycles. The Balaban J connectivity index is 1.79. The molecule has 0 bridgehead atoms. The molecule has 1 atom stereocenters. The van der Waals surface area contributed by atoms with Crippen molar-refractivity contribution >= 4 is 0 Å². The highest BCUT2D eigenvalue weighted by Crippen LogP contribution is 2.28. The van der Waals surface area contributed by atoms with Crippen LogP contribution in [0.5, 0.6) is 0 Å². The molecule has 1 unspecified atom stereocenters. The SMILES string of the molecule is CCCNC(C)CCOCC1CC1. The minimum Gasteiger partial charge on any atom is -0.381 e. The van der Waals surface area contributed by atoms with E-state index in [4.69, 9.17) is 4.74 Å². The van der Waals surface area contributed by atoms with Crippen LogP contribution in [0.15, 0.2) is 0 Å². The van der Waals surface area contributed by atoms with E-state index in [1.165, 1.54) is 19.3 Å². The number of hydrogen-bond donors (Lipinski definition) is 1. The second-order valence-electron chi connectivity index (χ2n) is 4.16. The molecular weight excluding hydrogens is 162 g/mol. The van der Waals surface area contributed by atoms with Crippen LogP contribution in [0.2, 0.25) is 0 Å². The summed E-state index contributed by atoms with van der Waals surface area (Å²) < 4.78 is 5.57. The van der Waals surface area contributed by atoms with Crippen LogP contribution < -0.4 is 5.32 Å². The summed E-state index contributed by atoms with van der Waals surface area (Å²) in [6.45, 7) is 7.48. The summed E-state index contributed by atoms with van der Waals surface area (Å²) in [4.78, 5) is 0. The van der Waals surface area contributed by atoms with Crippen LogP contribution in [0.1, 0.15) is 39.5 Å². The first-order valence-electron chi connectivity index (χ1n) is 5.64. The summed E-state index contributed by atoms with van der Waals surface area (Å²) >= 11 is 0. The van der Waals surface area contributed by atoms with Crippen molar-refractivity contribution in [2.75, 3.05) is 19.8 Å². The Kier molecular flexibility index (Phi) is 5.40. The zero-order valence-corrected chi connectivity index (χ0v) is 9.01. The van der Waals surface area contributed by atoms with Crippen molar-refractivity contribution < 1.29 is 4.74 Å². The molecule has 1 saturated carbocycles. The van der Waals surface area contributed by atoms with E-state index in [0.29, 0.717) is 6.04 Å². The van der Waals surface area contributed by atoms with Gasteiger partial charge >= 0.3 is 0 Å². The molecule has 0 amide bonds. The van der Waals surface area contributed by atoms with Gasteiger partial charge in [0.2, 0.25) is 0 Å². The lowest BCUT2D eigenvalue weighted by Crippen LogP contribution is -2.27. The summed E-state index contributed by atoms with van der Waals surface area (Å²) in [5.74, 6) is 0.902. The van der Waals surface area contributed by atoms with Crippen LogP contribution in [-0.2, 0) is 4.74 Å². The number of ether oxygens (including phenoxy) is 1. The van der Waals surface area contributed by atoms with Gasteiger partial charge in [-0.3, -0.25) is 0 Å². The molecule has 0 aliphatic heterocycles. The van der Waals surface area contributed by atoms with Crippen molar-refractivity contribution in [2.24, 2.45) is 5.92 Å². The molecule has 78 valence electrons. The van der Waals surface area contributed by atoms with Crippen molar-refractivity contribution in [1.29, 1.82) is 0 Å². The van der Waals surface area contributed by atoms with Crippen LogP contribution in [0.4, 0.5) is 0 Å². The zero-order chi connectivity index (χ0) is 9.52. The Morgan fingerprint density at radius 1 is 1.46 bits per heavy atom. The predicted molar refractivity (Wildman–Crippen MR) is 55.9 cm³/mol.